The summed E-state index contributed by atoms with van der Waals surface area (Å²) in [6.45, 7) is 4.62. The molecule has 152 valence electrons. The molecule has 4 nitrogen and oxygen atoms in total. The van der Waals surface area contributed by atoms with Gasteiger partial charge in [-0.1, -0.05) is 43.7 Å². The monoisotopic (exact) mass is 408 g/mol. The summed E-state index contributed by atoms with van der Waals surface area (Å²) < 4.78 is 0. The van der Waals surface area contributed by atoms with Gasteiger partial charge >= 0.3 is 0 Å². The van der Waals surface area contributed by atoms with Gasteiger partial charge in [-0.15, -0.1) is 11.8 Å². The molecule has 2 aromatic carbocycles. The number of thioether (sulfide) groups is 1. The molecule has 0 N–H and O–H groups in total. The molecule has 0 aliphatic carbocycles. The predicted octanol–water partition coefficient (Wildman–Crippen LogP) is 4.63. The van der Waals surface area contributed by atoms with Gasteiger partial charge in [-0.25, -0.2) is 0 Å². The third-order valence-corrected chi connectivity index (χ3v) is 7.10. The number of benzene rings is 2. The highest BCUT2D eigenvalue weighted by molar-refractivity contribution is 8.00. The highest BCUT2D eigenvalue weighted by atomic mass is 32.2. The Morgan fingerprint density at radius 1 is 1.07 bits per heavy atom. The van der Waals surface area contributed by atoms with Crippen molar-refractivity contribution in [1.82, 2.24) is 4.90 Å². The lowest BCUT2D eigenvalue weighted by atomic mass is 9.95. The van der Waals surface area contributed by atoms with Crippen LogP contribution >= 0.6 is 11.8 Å². The number of hydrogen-bond acceptors (Lipinski definition) is 3. The maximum atomic E-state index is 13.2. The van der Waals surface area contributed by atoms with E-state index >= 15 is 0 Å². The first-order valence-corrected chi connectivity index (χ1v) is 11.5. The molecule has 1 atom stereocenters. The molecule has 29 heavy (non-hydrogen) atoms. The van der Waals surface area contributed by atoms with Crippen LogP contribution in [0.2, 0.25) is 0 Å². The minimum absolute atomic E-state index is 0.102. The largest absolute Gasteiger partial charge is 0.338 e. The fourth-order valence-electron chi connectivity index (χ4n) is 4.34. The van der Waals surface area contributed by atoms with E-state index in [9.17, 15) is 9.59 Å². The molecule has 0 aromatic heterocycles. The minimum Gasteiger partial charge on any atom is -0.338 e. The van der Waals surface area contributed by atoms with Gasteiger partial charge < -0.3 is 9.80 Å². The standard InChI is InChI=1S/C24H28N2O2S/c1-2-18-8-7-14-25(16-18)24(28)20-10-4-6-12-22(20)29-17-23(27)26-15-13-19-9-3-5-11-21(19)26/h3-6,9-12,18H,2,7-8,13-17H2,1H3. The number of hydrogen-bond donors (Lipinski definition) is 0. The molecule has 1 fully saturated rings. The van der Waals surface area contributed by atoms with Crippen LogP contribution in [0.5, 0.6) is 0 Å². The van der Waals surface area contributed by atoms with E-state index in [1.165, 1.54) is 23.7 Å². The number of nitrogens with zero attached hydrogens (tertiary/aromatic N) is 2. The molecular weight excluding hydrogens is 380 g/mol. The molecule has 0 radical (unpaired) electrons. The average Bonchev–Trinajstić information content (AvgIpc) is 3.21. The molecular formula is C24H28N2O2S. The first-order chi connectivity index (χ1) is 14.2. The maximum absolute atomic E-state index is 13.2. The number of amides is 2. The maximum Gasteiger partial charge on any atom is 0.254 e. The Morgan fingerprint density at radius 3 is 2.72 bits per heavy atom. The van der Waals surface area contributed by atoms with Gasteiger partial charge in [-0.3, -0.25) is 9.59 Å². The Hall–Kier alpha value is -2.27. The van der Waals surface area contributed by atoms with Crippen molar-refractivity contribution in [3.63, 3.8) is 0 Å². The number of para-hydroxylation sites is 1. The second kappa shape index (κ2) is 9.04. The third-order valence-electron chi connectivity index (χ3n) is 6.04. The summed E-state index contributed by atoms with van der Waals surface area (Å²) in [6.07, 6.45) is 4.32. The Morgan fingerprint density at radius 2 is 1.86 bits per heavy atom. The SMILES string of the molecule is CCC1CCCN(C(=O)c2ccccc2SCC(=O)N2CCc3ccccc32)C1. The molecule has 0 bridgehead atoms. The number of piperidine rings is 1. The second-order valence-corrected chi connectivity index (χ2v) is 8.89. The van der Waals surface area contributed by atoms with Crippen molar-refractivity contribution in [1.29, 1.82) is 0 Å². The van der Waals surface area contributed by atoms with Gasteiger partial charge in [0.2, 0.25) is 5.91 Å². The fraction of sp³-hybridized carbons (Fsp3) is 0.417. The molecule has 2 heterocycles. The van der Waals surface area contributed by atoms with Crippen LogP contribution in [0.25, 0.3) is 0 Å². The Balaban J connectivity index is 1.44. The van der Waals surface area contributed by atoms with E-state index < -0.39 is 0 Å². The van der Waals surface area contributed by atoms with Gasteiger partial charge in [0, 0.05) is 30.2 Å². The van der Waals surface area contributed by atoms with Gasteiger partial charge in [0.25, 0.3) is 5.91 Å². The lowest BCUT2D eigenvalue weighted by Gasteiger charge is -2.32. The molecule has 1 unspecified atom stereocenters. The van der Waals surface area contributed by atoms with Crippen LogP contribution < -0.4 is 4.90 Å². The normalized spacial score (nSPS) is 18.6. The second-order valence-electron chi connectivity index (χ2n) is 7.88. The number of carbonyl (C=O) groups is 2. The molecule has 2 amide bonds. The minimum atomic E-state index is 0.102. The first-order valence-electron chi connectivity index (χ1n) is 10.6. The Labute approximate surface area is 177 Å². The van der Waals surface area contributed by atoms with Gasteiger partial charge in [0.15, 0.2) is 0 Å². The van der Waals surface area contributed by atoms with Gasteiger partial charge in [-0.05, 0) is 48.9 Å². The van der Waals surface area contributed by atoms with Crippen molar-refractivity contribution in [2.24, 2.45) is 5.92 Å². The number of rotatable bonds is 5. The van der Waals surface area contributed by atoms with Crippen LogP contribution in [0.3, 0.4) is 0 Å². The summed E-state index contributed by atoms with van der Waals surface area (Å²) in [7, 11) is 0. The van der Waals surface area contributed by atoms with Crippen LogP contribution in [-0.2, 0) is 11.2 Å². The van der Waals surface area contributed by atoms with Crippen molar-refractivity contribution in [2.45, 2.75) is 37.5 Å². The van der Waals surface area contributed by atoms with Gasteiger partial charge in [0.1, 0.15) is 0 Å². The molecule has 2 aliphatic rings. The van der Waals surface area contributed by atoms with Crippen LogP contribution in [0.1, 0.15) is 42.1 Å². The van der Waals surface area contributed by atoms with Crippen LogP contribution in [0.4, 0.5) is 5.69 Å². The number of anilines is 1. The highest BCUT2D eigenvalue weighted by Gasteiger charge is 2.27. The molecule has 0 spiro atoms. The van der Waals surface area contributed by atoms with Crippen molar-refractivity contribution < 1.29 is 9.59 Å². The van der Waals surface area contributed by atoms with Crippen LogP contribution in [-0.4, -0.2) is 42.1 Å². The fourth-order valence-corrected chi connectivity index (χ4v) is 5.26. The van der Waals surface area contributed by atoms with Crippen molar-refractivity contribution in [3.8, 4) is 0 Å². The quantitative estimate of drug-likeness (QED) is 0.677. The van der Waals surface area contributed by atoms with E-state index in [0.717, 1.165) is 55.0 Å². The van der Waals surface area contributed by atoms with Gasteiger partial charge in [0.05, 0.1) is 11.3 Å². The highest BCUT2D eigenvalue weighted by Crippen LogP contribution is 2.30. The zero-order valence-corrected chi connectivity index (χ0v) is 17.8. The molecule has 0 saturated carbocycles. The molecule has 4 rings (SSSR count). The van der Waals surface area contributed by atoms with Crippen molar-refractivity contribution in [2.75, 3.05) is 30.3 Å². The third kappa shape index (κ3) is 4.35. The summed E-state index contributed by atoms with van der Waals surface area (Å²) >= 11 is 1.48. The smallest absolute Gasteiger partial charge is 0.254 e. The van der Waals surface area contributed by atoms with Gasteiger partial charge in [-0.2, -0.15) is 0 Å². The molecule has 2 aromatic rings. The van der Waals surface area contributed by atoms with E-state index in [4.69, 9.17) is 0 Å². The number of likely N-dealkylation sites (tertiary alicyclic amines) is 1. The summed E-state index contributed by atoms with van der Waals surface area (Å²) in [5.74, 6) is 1.15. The van der Waals surface area contributed by atoms with Crippen molar-refractivity contribution >= 4 is 29.3 Å². The van der Waals surface area contributed by atoms with E-state index in [0.29, 0.717) is 11.7 Å². The van der Waals surface area contributed by atoms with E-state index in [2.05, 4.69) is 13.0 Å². The lowest BCUT2D eigenvalue weighted by molar-refractivity contribution is -0.116. The molecule has 2 aliphatic heterocycles. The summed E-state index contributed by atoms with van der Waals surface area (Å²) in [5, 5.41) is 0. The van der Waals surface area contributed by atoms with Crippen LogP contribution in [0, 0.1) is 5.92 Å². The number of fused-ring (bicyclic) bond motifs is 1. The zero-order chi connectivity index (χ0) is 20.2. The topological polar surface area (TPSA) is 40.6 Å². The predicted molar refractivity (Wildman–Crippen MR) is 119 cm³/mol. The van der Waals surface area contributed by atoms with Crippen LogP contribution in [0.15, 0.2) is 53.4 Å². The van der Waals surface area contributed by atoms with E-state index in [-0.39, 0.29) is 11.8 Å². The molecule has 5 heteroatoms. The zero-order valence-electron chi connectivity index (χ0n) is 17.0. The molecule has 1 saturated heterocycles. The summed E-state index contributed by atoms with van der Waals surface area (Å²) in [4.78, 5) is 30.8. The Bertz CT molecular complexity index is 898. The summed E-state index contributed by atoms with van der Waals surface area (Å²) in [6, 6.07) is 15.8. The van der Waals surface area contributed by atoms with E-state index in [1.54, 1.807) is 0 Å². The van der Waals surface area contributed by atoms with Crippen molar-refractivity contribution in [3.05, 3.63) is 59.7 Å². The Kier molecular flexibility index (Phi) is 6.24. The average molecular weight is 409 g/mol. The summed E-state index contributed by atoms with van der Waals surface area (Å²) in [5.41, 5.74) is 2.99. The first kappa shape index (κ1) is 20.0. The number of carbonyl (C=O) groups excluding carboxylic acids is 2. The van der Waals surface area contributed by atoms with E-state index in [1.807, 2.05) is 52.3 Å². The lowest BCUT2D eigenvalue weighted by Crippen LogP contribution is -2.40.